The van der Waals surface area contributed by atoms with Crippen LogP contribution in [0.25, 0.3) is 0 Å². The lowest BCUT2D eigenvalue weighted by atomic mass is 10.0. The van der Waals surface area contributed by atoms with Gasteiger partial charge in [-0.3, -0.25) is 4.21 Å². The molecule has 18 heavy (non-hydrogen) atoms. The summed E-state index contributed by atoms with van der Waals surface area (Å²) in [5.74, 6) is 2.14. The van der Waals surface area contributed by atoms with Gasteiger partial charge in [-0.1, -0.05) is 38.1 Å². The quantitative estimate of drug-likeness (QED) is 0.822. The molecule has 3 heteroatoms. The molecular weight excluding hydrogens is 242 g/mol. The lowest BCUT2D eigenvalue weighted by molar-refractivity contribution is 0.607. The van der Waals surface area contributed by atoms with E-state index in [1.54, 1.807) is 0 Å². The van der Waals surface area contributed by atoms with E-state index < -0.39 is 10.8 Å². The third-order valence-electron chi connectivity index (χ3n) is 3.19. The summed E-state index contributed by atoms with van der Waals surface area (Å²) >= 11 is 0. The van der Waals surface area contributed by atoms with Crippen LogP contribution in [0.4, 0.5) is 0 Å². The van der Waals surface area contributed by atoms with E-state index in [2.05, 4.69) is 38.2 Å². The van der Waals surface area contributed by atoms with Crippen LogP contribution in [-0.4, -0.2) is 22.8 Å². The second-order valence-electron chi connectivity index (χ2n) is 5.19. The molecule has 102 valence electrons. The Kier molecular flexibility index (Phi) is 6.58. The molecular formula is C15H25NOS. The maximum Gasteiger partial charge on any atom is 0.0437 e. The minimum absolute atomic E-state index is 0.194. The van der Waals surface area contributed by atoms with Crippen molar-refractivity contribution in [2.24, 2.45) is 5.92 Å². The number of nitrogens with one attached hydrogen (secondary N) is 1. The number of aryl methyl sites for hydroxylation is 1. The van der Waals surface area contributed by atoms with Crippen molar-refractivity contribution in [1.82, 2.24) is 5.32 Å². The van der Waals surface area contributed by atoms with Crippen LogP contribution in [0.5, 0.6) is 0 Å². The number of hydrogen-bond acceptors (Lipinski definition) is 2. The van der Waals surface area contributed by atoms with Gasteiger partial charge in [0, 0.05) is 28.3 Å². The molecule has 0 saturated heterocycles. The SMILES string of the molecule is CNC(CS(=O)CCC(C)C)c1ccccc1C. The summed E-state index contributed by atoms with van der Waals surface area (Å²) in [7, 11) is 1.20. The molecule has 2 nitrogen and oxygen atoms in total. The molecule has 0 saturated carbocycles. The van der Waals surface area contributed by atoms with Gasteiger partial charge in [0.2, 0.25) is 0 Å². The van der Waals surface area contributed by atoms with Crippen LogP contribution in [0.1, 0.15) is 37.4 Å². The highest BCUT2D eigenvalue weighted by Gasteiger charge is 2.14. The summed E-state index contributed by atoms with van der Waals surface area (Å²) in [6.07, 6.45) is 1.04. The zero-order valence-electron chi connectivity index (χ0n) is 11.9. The molecule has 0 radical (unpaired) electrons. The largest absolute Gasteiger partial charge is 0.312 e. The molecule has 0 amide bonds. The fourth-order valence-corrected chi connectivity index (χ4v) is 3.56. The molecule has 0 aromatic heterocycles. The van der Waals surface area contributed by atoms with E-state index in [1.807, 2.05) is 19.2 Å². The van der Waals surface area contributed by atoms with Gasteiger partial charge < -0.3 is 5.32 Å². The van der Waals surface area contributed by atoms with Crippen LogP contribution < -0.4 is 5.32 Å². The van der Waals surface area contributed by atoms with E-state index in [0.29, 0.717) is 11.7 Å². The molecule has 1 aromatic rings. The van der Waals surface area contributed by atoms with Gasteiger partial charge in [0.05, 0.1) is 0 Å². The predicted octanol–water partition coefficient (Wildman–Crippen LogP) is 3.05. The van der Waals surface area contributed by atoms with Crippen LogP contribution in [0, 0.1) is 12.8 Å². The molecule has 2 unspecified atom stereocenters. The van der Waals surface area contributed by atoms with Gasteiger partial charge in [-0.05, 0) is 37.4 Å². The van der Waals surface area contributed by atoms with Gasteiger partial charge in [-0.15, -0.1) is 0 Å². The molecule has 1 rings (SSSR count). The van der Waals surface area contributed by atoms with Gasteiger partial charge in [0.1, 0.15) is 0 Å². The van der Waals surface area contributed by atoms with Gasteiger partial charge in [0.15, 0.2) is 0 Å². The zero-order valence-corrected chi connectivity index (χ0v) is 12.7. The summed E-state index contributed by atoms with van der Waals surface area (Å²) in [6, 6.07) is 8.51. The van der Waals surface area contributed by atoms with Crippen molar-refractivity contribution < 1.29 is 4.21 Å². The smallest absolute Gasteiger partial charge is 0.0437 e. The second-order valence-corrected chi connectivity index (χ2v) is 6.81. The normalized spacial score (nSPS) is 14.7. The summed E-state index contributed by atoms with van der Waals surface area (Å²) < 4.78 is 12.1. The molecule has 0 aliphatic rings. The van der Waals surface area contributed by atoms with E-state index in [1.165, 1.54) is 11.1 Å². The molecule has 0 heterocycles. The monoisotopic (exact) mass is 267 g/mol. The van der Waals surface area contributed by atoms with Crippen molar-refractivity contribution in [3.05, 3.63) is 35.4 Å². The highest BCUT2D eigenvalue weighted by atomic mass is 32.2. The average Bonchev–Trinajstić information content (AvgIpc) is 2.34. The van der Waals surface area contributed by atoms with Gasteiger partial charge in [-0.25, -0.2) is 0 Å². The summed E-state index contributed by atoms with van der Waals surface area (Å²) in [4.78, 5) is 0. The lowest BCUT2D eigenvalue weighted by Crippen LogP contribution is -2.24. The molecule has 0 aliphatic heterocycles. The molecule has 1 N–H and O–H groups in total. The zero-order chi connectivity index (χ0) is 13.5. The molecule has 0 aliphatic carbocycles. The average molecular weight is 267 g/mol. The number of rotatable bonds is 7. The maximum atomic E-state index is 12.1. The van der Waals surface area contributed by atoms with Gasteiger partial charge in [-0.2, -0.15) is 0 Å². The van der Waals surface area contributed by atoms with Crippen molar-refractivity contribution in [3.63, 3.8) is 0 Å². The Balaban J connectivity index is 2.62. The minimum atomic E-state index is -0.742. The van der Waals surface area contributed by atoms with Crippen molar-refractivity contribution >= 4 is 10.8 Å². The standard InChI is InChI=1S/C15H25NOS/c1-12(2)9-10-18(17)11-15(16-4)14-8-6-5-7-13(14)3/h5-8,12,15-16H,9-11H2,1-4H3. The fraction of sp³-hybridized carbons (Fsp3) is 0.600. The maximum absolute atomic E-state index is 12.1. The van der Waals surface area contributed by atoms with Crippen LogP contribution in [0.15, 0.2) is 24.3 Å². The van der Waals surface area contributed by atoms with Crippen LogP contribution in [0.2, 0.25) is 0 Å². The van der Waals surface area contributed by atoms with E-state index in [9.17, 15) is 4.21 Å². The first-order valence-corrected chi connectivity index (χ1v) is 8.11. The first kappa shape index (κ1) is 15.4. The summed E-state index contributed by atoms with van der Waals surface area (Å²) in [6.45, 7) is 6.46. The minimum Gasteiger partial charge on any atom is -0.312 e. The first-order valence-electron chi connectivity index (χ1n) is 6.62. The second kappa shape index (κ2) is 7.70. The molecule has 0 bridgehead atoms. The van der Waals surface area contributed by atoms with E-state index >= 15 is 0 Å². The predicted molar refractivity (Wildman–Crippen MR) is 80.3 cm³/mol. The van der Waals surface area contributed by atoms with Crippen molar-refractivity contribution in [2.45, 2.75) is 33.2 Å². The van der Waals surface area contributed by atoms with E-state index in [-0.39, 0.29) is 6.04 Å². The third-order valence-corrected chi connectivity index (χ3v) is 4.58. The Morgan fingerprint density at radius 1 is 1.28 bits per heavy atom. The van der Waals surface area contributed by atoms with Crippen molar-refractivity contribution in [3.8, 4) is 0 Å². The fourth-order valence-electron chi connectivity index (χ4n) is 1.94. The third kappa shape index (κ3) is 4.91. The molecule has 0 spiro atoms. The molecule has 0 fully saturated rings. The Morgan fingerprint density at radius 3 is 2.50 bits per heavy atom. The summed E-state index contributed by atoms with van der Waals surface area (Å²) in [5.41, 5.74) is 2.52. The van der Waals surface area contributed by atoms with Crippen LogP contribution in [0.3, 0.4) is 0 Å². The van der Waals surface area contributed by atoms with Crippen molar-refractivity contribution in [2.75, 3.05) is 18.6 Å². The molecule has 1 aromatic carbocycles. The lowest BCUT2D eigenvalue weighted by Gasteiger charge is -2.18. The van der Waals surface area contributed by atoms with Crippen LogP contribution in [-0.2, 0) is 10.8 Å². The van der Waals surface area contributed by atoms with Crippen LogP contribution >= 0.6 is 0 Å². The van der Waals surface area contributed by atoms with Gasteiger partial charge >= 0.3 is 0 Å². The highest BCUT2D eigenvalue weighted by Crippen LogP contribution is 2.18. The Morgan fingerprint density at radius 2 is 1.94 bits per heavy atom. The Labute approximate surface area is 114 Å². The highest BCUT2D eigenvalue weighted by molar-refractivity contribution is 7.85. The summed E-state index contributed by atoms with van der Waals surface area (Å²) in [5, 5.41) is 3.28. The Bertz CT molecular complexity index is 390. The van der Waals surface area contributed by atoms with E-state index in [4.69, 9.17) is 0 Å². The van der Waals surface area contributed by atoms with Crippen molar-refractivity contribution in [1.29, 1.82) is 0 Å². The number of hydrogen-bond donors (Lipinski definition) is 1. The van der Waals surface area contributed by atoms with E-state index in [0.717, 1.165) is 12.2 Å². The Hall–Kier alpha value is -0.670. The molecule has 2 atom stereocenters. The first-order chi connectivity index (χ1) is 8.54. The number of benzene rings is 1. The topological polar surface area (TPSA) is 29.1 Å². The van der Waals surface area contributed by atoms with Gasteiger partial charge in [0.25, 0.3) is 0 Å².